The molecule has 0 radical (unpaired) electrons. The summed E-state index contributed by atoms with van der Waals surface area (Å²) in [6, 6.07) is 0. The van der Waals surface area contributed by atoms with Gasteiger partial charge in [0, 0.05) is 30.1 Å². The van der Waals surface area contributed by atoms with E-state index in [1.54, 1.807) is 0 Å². The highest BCUT2D eigenvalue weighted by Gasteiger charge is 2.71. The fraction of sp³-hybridized carbons (Fsp3) is 0.963. The molecule has 6 aliphatic rings. The fourth-order valence-corrected chi connectivity index (χ4v) is 9.93. The lowest BCUT2D eigenvalue weighted by molar-refractivity contribution is -0.272. The smallest absolute Gasteiger partial charge is 0.171 e. The van der Waals surface area contributed by atoms with Crippen molar-refractivity contribution in [3.63, 3.8) is 0 Å². The van der Waals surface area contributed by atoms with Gasteiger partial charge in [-0.3, -0.25) is 4.79 Å². The summed E-state index contributed by atoms with van der Waals surface area (Å²) in [5.41, 5.74) is -0.0221. The highest BCUT2D eigenvalue weighted by Crippen LogP contribution is 2.70. The number of Topliss-reactive ketones (excluding diaryl/α,β-unsaturated/α-hetero) is 1. The molecule has 12 atom stereocenters. The first kappa shape index (κ1) is 21.1. The first-order valence-electron chi connectivity index (χ1n) is 13.2. The second-order valence-electron chi connectivity index (χ2n) is 13.0. The van der Waals surface area contributed by atoms with Gasteiger partial charge in [0.15, 0.2) is 5.79 Å². The van der Waals surface area contributed by atoms with E-state index in [-0.39, 0.29) is 29.0 Å². The molecule has 0 aromatic rings. The molecule has 6 fully saturated rings. The highest BCUT2D eigenvalue weighted by atomic mass is 16.7. The van der Waals surface area contributed by atoms with E-state index in [2.05, 4.69) is 27.7 Å². The number of hydrogen-bond donors (Lipinski definition) is 1. The number of aliphatic hydroxyl groups excluding tert-OH is 1. The van der Waals surface area contributed by atoms with Gasteiger partial charge < -0.3 is 14.6 Å². The van der Waals surface area contributed by atoms with Crippen LogP contribution in [0.15, 0.2) is 0 Å². The Morgan fingerprint density at radius 2 is 1.81 bits per heavy atom. The number of ketones is 1. The van der Waals surface area contributed by atoms with Crippen molar-refractivity contribution in [1.29, 1.82) is 0 Å². The Kier molecular flexibility index (Phi) is 4.62. The third kappa shape index (κ3) is 2.68. The van der Waals surface area contributed by atoms with Gasteiger partial charge in [-0.1, -0.05) is 27.7 Å². The molecule has 2 heterocycles. The van der Waals surface area contributed by atoms with Crippen LogP contribution in [-0.2, 0) is 14.3 Å². The number of fused-ring (bicyclic) bond motifs is 7. The normalized spacial score (nSPS) is 60.9. The standard InChI is InChI=1S/C27H42O4/c1-15-7-10-27(30-14-15)16(2)24-22(31-27)12-21-19-6-5-17-11-18(28)8-9-25(17,3)20(19)13-23(29)26(21,24)4/h15-22,24,28H,5-14H2,1-4H3/t15?,16?,17-,18-,19?,20?,21?,22?,24?,25-,26-,27?/m1/s1. The Balaban J connectivity index is 1.30. The predicted molar refractivity (Wildman–Crippen MR) is 118 cm³/mol. The first-order valence-corrected chi connectivity index (χ1v) is 13.2. The molecule has 0 aromatic heterocycles. The Hall–Kier alpha value is -0.450. The summed E-state index contributed by atoms with van der Waals surface area (Å²) >= 11 is 0. The molecule has 2 saturated heterocycles. The molecular formula is C27H42O4. The maximum absolute atomic E-state index is 14.0. The maximum Gasteiger partial charge on any atom is 0.171 e. The first-order chi connectivity index (χ1) is 14.7. The summed E-state index contributed by atoms with van der Waals surface area (Å²) in [6.45, 7) is 10.1. The van der Waals surface area contributed by atoms with Crippen LogP contribution in [-0.4, -0.2) is 35.5 Å². The maximum atomic E-state index is 14.0. The zero-order valence-electron chi connectivity index (χ0n) is 19.9. The molecule has 2 aliphatic heterocycles. The summed E-state index contributed by atoms with van der Waals surface area (Å²) in [5, 5.41) is 10.3. The van der Waals surface area contributed by atoms with Gasteiger partial charge in [0.05, 0.1) is 18.8 Å². The molecule has 0 bridgehead atoms. The second-order valence-corrected chi connectivity index (χ2v) is 13.0. The molecule has 0 amide bonds. The minimum atomic E-state index is -0.448. The Bertz CT molecular complexity index is 756. The van der Waals surface area contributed by atoms with Crippen LogP contribution in [0.25, 0.3) is 0 Å². The van der Waals surface area contributed by atoms with Crippen LogP contribution in [0.5, 0.6) is 0 Å². The molecule has 1 N–H and O–H groups in total. The third-order valence-electron chi connectivity index (χ3n) is 11.8. The molecule has 1 spiro atoms. The van der Waals surface area contributed by atoms with Gasteiger partial charge >= 0.3 is 0 Å². The summed E-state index contributed by atoms with van der Waals surface area (Å²) in [4.78, 5) is 14.0. The Morgan fingerprint density at radius 3 is 2.55 bits per heavy atom. The molecule has 0 aromatic carbocycles. The average molecular weight is 431 g/mol. The van der Waals surface area contributed by atoms with Gasteiger partial charge in [0.2, 0.25) is 0 Å². The Labute approximate surface area is 187 Å². The minimum absolute atomic E-state index is 0.131. The highest BCUT2D eigenvalue weighted by molar-refractivity contribution is 5.87. The summed E-state index contributed by atoms with van der Waals surface area (Å²) < 4.78 is 13.2. The lowest BCUT2D eigenvalue weighted by Crippen LogP contribution is -2.58. The van der Waals surface area contributed by atoms with Crippen LogP contribution in [0, 0.1) is 52.3 Å². The minimum Gasteiger partial charge on any atom is -0.393 e. The van der Waals surface area contributed by atoms with E-state index >= 15 is 0 Å². The van der Waals surface area contributed by atoms with Crippen molar-refractivity contribution in [2.45, 2.75) is 103 Å². The molecule has 174 valence electrons. The summed E-state index contributed by atoms with van der Waals surface area (Å²) in [6.07, 6.45) is 9.39. The molecule has 4 aliphatic carbocycles. The van der Waals surface area contributed by atoms with E-state index in [1.807, 2.05) is 0 Å². The molecular weight excluding hydrogens is 388 g/mol. The largest absolute Gasteiger partial charge is 0.393 e. The molecule has 4 heteroatoms. The zero-order valence-corrected chi connectivity index (χ0v) is 19.9. The Morgan fingerprint density at radius 1 is 1.00 bits per heavy atom. The average Bonchev–Trinajstić information content (AvgIpc) is 3.18. The van der Waals surface area contributed by atoms with Crippen molar-refractivity contribution < 1.29 is 19.4 Å². The van der Waals surface area contributed by atoms with Crippen molar-refractivity contribution in [3.05, 3.63) is 0 Å². The number of aliphatic hydroxyl groups is 1. The van der Waals surface area contributed by atoms with Crippen molar-refractivity contribution in [2.75, 3.05) is 6.61 Å². The van der Waals surface area contributed by atoms with E-state index in [9.17, 15) is 9.90 Å². The molecule has 31 heavy (non-hydrogen) atoms. The van der Waals surface area contributed by atoms with E-state index < -0.39 is 5.79 Å². The van der Waals surface area contributed by atoms with Crippen LogP contribution in [0.3, 0.4) is 0 Å². The molecule has 4 nitrogen and oxygen atoms in total. The van der Waals surface area contributed by atoms with Crippen LogP contribution in [0.4, 0.5) is 0 Å². The van der Waals surface area contributed by atoms with Crippen molar-refractivity contribution in [2.24, 2.45) is 52.3 Å². The third-order valence-corrected chi connectivity index (χ3v) is 11.8. The van der Waals surface area contributed by atoms with Gasteiger partial charge in [0.25, 0.3) is 0 Å². The van der Waals surface area contributed by atoms with Crippen LogP contribution < -0.4 is 0 Å². The number of hydrogen-bond acceptors (Lipinski definition) is 4. The summed E-state index contributed by atoms with van der Waals surface area (Å²) in [5.74, 6) is 3.45. The van der Waals surface area contributed by atoms with Crippen LogP contribution >= 0.6 is 0 Å². The molecule has 4 saturated carbocycles. The fourth-order valence-electron chi connectivity index (χ4n) is 9.93. The monoisotopic (exact) mass is 430 g/mol. The van der Waals surface area contributed by atoms with Crippen LogP contribution in [0.2, 0.25) is 0 Å². The number of carbonyl (C=O) groups excluding carboxylic acids is 1. The number of carbonyl (C=O) groups is 1. The molecule has 8 unspecified atom stereocenters. The molecule has 6 rings (SSSR count). The zero-order chi connectivity index (χ0) is 21.8. The predicted octanol–water partition coefficient (Wildman–Crippen LogP) is 4.97. The van der Waals surface area contributed by atoms with Crippen LogP contribution in [0.1, 0.15) is 85.5 Å². The second kappa shape index (κ2) is 6.79. The number of rotatable bonds is 0. The van der Waals surface area contributed by atoms with E-state index in [1.165, 1.54) is 12.8 Å². The van der Waals surface area contributed by atoms with Gasteiger partial charge in [-0.2, -0.15) is 0 Å². The summed E-state index contributed by atoms with van der Waals surface area (Å²) in [7, 11) is 0. The van der Waals surface area contributed by atoms with E-state index in [0.717, 1.165) is 51.6 Å². The number of ether oxygens (including phenoxy) is 2. The quantitative estimate of drug-likeness (QED) is 0.589. The van der Waals surface area contributed by atoms with Gasteiger partial charge in [-0.15, -0.1) is 0 Å². The van der Waals surface area contributed by atoms with Gasteiger partial charge in [-0.05, 0) is 80.0 Å². The van der Waals surface area contributed by atoms with Crippen molar-refractivity contribution in [3.8, 4) is 0 Å². The van der Waals surface area contributed by atoms with Crippen molar-refractivity contribution >= 4 is 5.78 Å². The SMILES string of the molecule is CC1CCC2(OC1)OC1CC3C4CC[C@@H]5C[C@H](O)CC[C@@]5(C)C4CC(=O)[C@]3(C)C1C2C. The van der Waals surface area contributed by atoms with Crippen molar-refractivity contribution in [1.82, 2.24) is 0 Å². The lowest BCUT2D eigenvalue weighted by Gasteiger charge is -2.60. The van der Waals surface area contributed by atoms with E-state index in [4.69, 9.17) is 9.47 Å². The topological polar surface area (TPSA) is 55.8 Å². The lowest BCUT2D eigenvalue weighted by atomic mass is 9.44. The van der Waals surface area contributed by atoms with E-state index in [0.29, 0.717) is 41.3 Å². The van der Waals surface area contributed by atoms with Gasteiger partial charge in [0.1, 0.15) is 5.78 Å². The van der Waals surface area contributed by atoms with Gasteiger partial charge in [-0.25, -0.2) is 0 Å².